The molecule has 0 aromatic carbocycles. The van der Waals surface area contributed by atoms with Crippen LogP contribution in [0.25, 0.3) is 0 Å². The predicted molar refractivity (Wildman–Crippen MR) is 33.4 cm³/mol. The maximum atomic E-state index is 10.4. The van der Waals surface area contributed by atoms with Gasteiger partial charge < -0.3 is 5.23 Å². The third kappa shape index (κ3) is 3.72. The monoisotopic (exact) mass is 111 g/mol. The van der Waals surface area contributed by atoms with E-state index in [0.717, 1.165) is 0 Å². The second-order valence-electron chi connectivity index (χ2n) is 2.17. The van der Waals surface area contributed by atoms with Gasteiger partial charge in [0, 0.05) is 6.42 Å². The third-order valence-corrected chi connectivity index (χ3v) is 0.755. The third-order valence-electron chi connectivity index (χ3n) is 0.755. The number of nitrogens with one attached hydrogen (secondary N) is 1. The van der Waals surface area contributed by atoms with Crippen molar-refractivity contribution in [3.63, 3.8) is 0 Å². The van der Waals surface area contributed by atoms with Crippen LogP contribution in [0.1, 0.15) is 20.3 Å². The van der Waals surface area contributed by atoms with Gasteiger partial charge in [0.25, 0.3) is 0 Å². The Morgan fingerprint density at radius 1 is 1.75 bits per heavy atom. The standard InChI is InChI=1S/C5H10BNO/c1-4(2)3-5(8)7-6/h4H,3H2,1-2H3,(H,7,8). The van der Waals surface area contributed by atoms with Gasteiger partial charge in [-0.1, -0.05) is 13.8 Å². The smallest absolute Gasteiger partial charge is 0.226 e. The summed E-state index contributed by atoms with van der Waals surface area (Å²) in [6, 6.07) is 0. The van der Waals surface area contributed by atoms with Gasteiger partial charge in [-0.2, -0.15) is 0 Å². The summed E-state index contributed by atoms with van der Waals surface area (Å²) in [6.07, 6.45) is 0.510. The molecule has 1 amide bonds. The van der Waals surface area contributed by atoms with Crippen molar-refractivity contribution in [2.75, 3.05) is 0 Å². The normalized spacial score (nSPS) is 9.38. The van der Waals surface area contributed by atoms with Crippen LogP contribution in [0, 0.1) is 5.92 Å². The lowest BCUT2D eigenvalue weighted by atomic mass is 10.1. The summed E-state index contributed by atoms with van der Waals surface area (Å²) < 4.78 is 0. The van der Waals surface area contributed by atoms with Crippen molar-refractivity contribution in [3.8, 4) is 0 Å². The molecule has 0 aromatic rings. The first-order valence-electron chi connectivity index (χ1n) is 2.66. The van der Waals surface area contributed by atoms with Crippen LogP contribution in [-0.2, 0) is 4.79 Å². The average molecular weight is 111 g/mol. The number of rotatable bonds is 2. The molecule has 1 N–H and O–H groups in total. The highest BCUT2D eigenvalue weighted by molar-refractivity contribution is 6.14. The van der Waals surface area contributed by atoms with Crippen LogP contribution in [0.5, 0.6) is 0 Å². The van der Waals surface area contributed by atoms with Crippen LogP contribution in [0.4, 0.5) is 0 Å². The highest BCUT2D eigenvalue weighted by atomic mass is 16.1. The lowest BCUT2D eigenvalue weighted by Crippen LogP contribution is -2.20. The predicted octanol–water partition coefficient (Wildman–Crippen LogP) is 0.232. The van der Waals surface area contributed by atoms with Crippen molar-refractivity contribution < 1.29 is 4.79 Å². The summed E-state index contributed by atoms with van der Waals surface area (Å²) >= 11 is 0. The Hall–Kier alpha value is -0.465. The van der Waals surface area contributed by atoms with E-state index in [9.17, 15) is 4.79 Å². The van der Waals surface area contributed by atoms with E-state index in [2.05, 4.69) is 5.23 Å². The fourth-order valence-electron chi connectivity index (χ4n) is 0.430. The molecule has 0 heterocycles. The summed E-state index contributed by atoms with van der Waals surface area (Å²) in [4.78, 5) is 10.4. The number of hydrogen-bond donors (Lipinski definition) is 1. The first-order valence-corrected chi connectivity index (χ1v) is 2.66. The number of carbonyl (C=O) groups excluding carboxylic acids is 1. The van der Waals surface area contributed by atoms with Crippen LogP contribution in [-0.4, -0.2) is 13.9 Å². The molecule has 0 fully saturated rings. The van der Waals surface area contributed by atoms with Crippen LogP contribution >= 0.6 is 0 Å². The molecule has 2 nitrogen and oxygen atoms in total. The molecule has 0 aliphatic rings. The van der Waals surface area contributed by atoms with E-state index in [1.165, 1.54) is 0 Å². The molecule has 0 aliphatic heterocycles. The summed E-state index contributed by atoms with van der Waals surface area (Å²) in [5.41, 5.74) is 0. The van der Waals surface area contributed by atoms with Crippen molar-refractivity contribution in [1.82, 2.24) is 5.23 Å². The van der Waals surface area contributed by atoms with Gasteiger partial charge in [-0.25, -0.2) is 0 Å². The Labute approximate surface area is 51.1 Å². The van der Waals surface area contributed by atoms with Gasteiger partial charge >= 0.3 is 0 Å². The molecule has 0 bridgehead atoms. The van der Waals surface area contributed by atoms with E-state index in [-0.39, 0.29) is 5.91 Å². The van der Waals surface area contributed by atoms with Crippen molar-refractivity contribution in [1.29, 1.82) is 0 Å². The second-order valence-corrected chi connectivity index (χ2v) is 2.17. The summed E-state index contributed by atoms with van der Waals surface area (Å²) in [7, 11) is 4.82. The second kappa shape index (κ2) is 3.53. The first kappa shape index (κ1) is 7.53. The molecule has 0 aromatic heterocycles. The Morgan fingerprint density at radius 2 is 2.25 bits per heavy atom. The molecule has 3 heteroatoms. The Kier molecular flexibility index (Phi) is 3.32. The van der Waals surface area contributed by atoms with E-state index in [1.54, 1.807) is 0 Å². The van der Waals surface area contributed by atoms with Gasteiger partial charge in [-0.05, 0) is 5.92 Å². The summed E-state index contributed by atoms with van der Waals surface area (Å²) in [5.74, 6) is 0.290. The fraction of sp³-hybridized carbons (Fsp3) is 0.800. The number of hydrogen-bond acceptors (Lipinski definition) is 1. The van der Waals surface area contributed by atoms with E-state index >= 15 is 0 Å². The zero-order valence-electron chi connectivity index (χ0n) is 5.27. The lowest BCUT2D eigenvalue weighted by molar-refractivity contribution is -0.120. The lowest BCUT2D eigenvalue weighted by Gasteiger charge is -2.00. The van der Waals surface area contributed by atoms with Crippen molar-refractivity contribution in [3.05, 3.63) is 0 Å². The van der Waals surface area contributed by atoms with Crippen LogP contribution in [0.15, 0.2) is 0 Å². The van der Waals surface area contributed by atoms with Crippen molar-refractivity contribution in [2.24, 2.45) is 5.92 Å². The molecular weight excluding hydrogens is 101 g/mol. The molecular formula is C5H10BNO. The van der Waals surface area contributed by atoms with Crippen molar-refractivity contribution in [2.45, 2.75) is 20.3 Å². The van der Waals surface area contributed by atoms with Crippen LogP contribution < -0.4 is 5.23 Å². The molecule has 0 aliphatic carbocycles. The fourth-order valence-corrected chi connectivity index (χ4v) is 0.430. The molecule has 0 rings (SSSR count). The van der Waals surface area contributed by atoms with Crippen LogP contribution in [0.3, 0.4) is 0 Å². The van der Waals surface area contributed by atoms with Crippen molar-refractivity contribution >= 4 is 13.9 Å². The van der Waals surface area contributed by atoms with E-state index < -0.39 is 0 Å². The van der Waals surface area contributed by atoms with E-state index in [4.69, 9.17) is 7.98 Å². The molecule has 0 unspecified atom stereocenters. The molecule has 0 spiro atoms. The largest absolute Gasteiger partial charge is 0.409 e. The molecule has 8 heavy (non-hydrogen) atoms. The topological polar surface area (TPSA) is 29.1 Å². The molecule has 0 saturated carbocycles. The van der Waals surface area contributed by atoms with E-state index in [1.807, 2.05) is 13.8 Å². The highest BCUT2D eigenvalue weighted by Crippen LogP contribution is 1.96. The number of carbonyl (C=O) groups is 1. The summed E-state index contributed by atoms with van der Waals surface area (Å²) in [6.45, 7) is 3.94. The minimum Gasteiger partial charge on any atom is -0.409 e. The Bertz CT molecular complexity index is 82.5. The zero-order chi connectivity index (χ0) is 6.57. The SMILES string of the molecule is [B]NC(=O)CC(C)C. The summed E-state index contributed by atoms with van der Waals surface area (Å²) in [5, 5.41) is 2.06. The number of amides is 1. The quantitative estimate of drug-likeness (QED) is 0.507. The molecule has 44 valence electrons. The van der Waals surface area contributed by atoms with Gasteiger partial charge in [-0.3, -0.25) is 4.79 Å². The maximum absolute atomic E-state index is 10.4. The van der Waals surface area contributed by atoms with Gasteiger partial charge in [0.1, 0.15) is 0 Å². The van der Waals surface area contributed by atoms with Gasteiger partial charge in [0.05, 0.1) is 0 Å². The van der Waals surface area contributed by atoms with Gasteiger partial charge in [-0.15, -0.1) is 0 Å². The Balaban J connectivity index is 3.25. The first-order chi connectivity index (χ1) is 3.66. The maximum Gasteiger partial charge on any atom is 0.226 e. The average Bonchev–Trinajstić information content (AvgIpc) is 1.65. The molecule has 2 radical (unpaired) electrons. The van der Waals surface area contributed by atoms with Crippen LogP contribution in [0.2, 0.25) is 0 Å². The van der Waals surface area contributed by atoms with Gasteiger partial charge in [0.15, 0.2) is 0 Å². The highest BCUT2D eigenvalue weighted by Gasteiger charge is 1.99. The van der Waals surface area contributed by atoms with Gasteiger partial charge in [0.2, 0.25) is 13.9 Å². The minimum atomic E-state index is -0.0972. The zero-order valence-corrected chi connectivity index (χ0v) is 5.27. The Morgan fingerprint density at radius 3 is 2.38 bits per heavy atom. The van der Waals surface area contributed by atoms with E-state index in [0.29, 0.717) is 12.3 Å². The molecule has 0 saturated heterocycles. The minimum absolute atomic E-state index is 0.0972. The molecule has 0 atom stereocenters.